The van der Waals surface area contributed by atoms with Crippen LogP contribution in [0.1, 0.15) is 56.7 Å². The van der Waals surface area contributed by atoms with Gasteiger partial charge in [-0.25, -0.2) is 4.39 Å². The quantitative estimate of drug-likeness (QED) is 0.408. The van der Waals surface area contributed by atoms with Gasteiger partial charge in [0.2, 0.25) is 11.8 Å². The molecule has 0 unspecified atom stereocenters. The fourth-order valence-corrected chi connectivity index (χ4v) is 4.80. The summed E-state index contributed by atoms with van der Waals surface area (Å²) >= 11 is 0. The Morgan fingerprint density at radius 1 is 0.971 bits per heavy atom. The molecule has 1 aliphatic rings. The molecule has 0 saturated heterocycles. The van der Waals surface area contributed by atoms with Crippen LogP contribution in [0.2, 0.25) is 0 Å². The molecule has 176 valence electrons. The maximum atomic E-state index is 13.7. The van der Waals surface area contributed by atoms with E-state index < -0.39 is 0 Å². The Labute approximate surface area is 201 Å². The zero-order valence-electron chi connectivity index (χ0n) is 19.8. The molecular formula is C29H31FN2O2. The van der Waals surface area contributed by atoms with E-state index in [2.05, 4.69) is 13.8 Å². The molecule has 0 radical (unpaired) electrons. The van der Waals surface area contributed by atoms with Gasteiger partial charge in [-0.2, -0.15) is 0 Å². The standard InChI is InChI=1S/C29H31FN2O2/c1-3-4-14-28(33)31-21(2)19-27(25-12-8-9-13-26(25)31)32(24-10-6-5-7-11-24)29(34)20-22-15-17-23(30)18-16-22/h5-13,15-18,21,27H,3-4,14,19-20H2,1-2H3/t21-,27+/m0/s1. The van der Waals surface area contributed by atoms with Crippen LogP contribution in [-0.2, 0) is 16.0 Å². The highest BCUT2D eigenvalue weighted by Gasteiger charge is 2.38. The number of nitrogens with zero attached hydrogens (tertiary/aromatic N) is 2. The van der Waals surface area contributed by atoms with Gasteiger partial charge < -0.3 is 9.80 Å². The van der Waals surface area contributed by atoms with Gasteiger partial charge in [-0.15, -0.1) is 0 Å². The van der Waals surface area contributed by atoms with E-state index in [1.807, 2.05) is 64.4 Å². The number of fused-ring (bicyclic) bond motifs is 1. The lowest BCUT2D eigenvalue weighted by Gasteiger charge is -2.43. The van der Waals surface area contributed by atoms with E-state index in [0.29, 0.717) is 12.8 Å². The second-order valence-electron chi connectivity index (χ2n) is 8.93. The van der Waals surface area contributed by atoms with Crippen LogP contribution in [0.25, 0.3) is 0 Å². The zero-order valence-corrected chi connectivity index (χ0v) is 19.8. The molecule has 4 nitrogen and oxygen atoms in total. The highest BCUT2D eigenvalue weighted by atomic mass is 19.1. The Bertz CT molecular complexity index is 1130. The van der Waals surface area contributed by atoms with Crippen LogP contribution >= 0.6 is 0 Å². The average Bonchev–Trinajstić information content (AvgIpc) is 2.85. The van der Waals surface area contributed by atoms with Gasteiger partial charge in [0.15, 0.2) is 0 Å². The second kappa shape index (κ2) is 10.6. The maximum Gasteiger partial charge on any atom is 0.231 e. The van der Waals surface area contributed by atoms with Gasteiger partial charge in [0.25, 0.3) is 0 Å². The number of anilines is 2. The van der Waals surface area contributed by atoms with Gasteiger partial charge in [0.05, 0.1) is 12.5 Å². The Morgan fingerprint density at radius 2 is 1.65 bits per heavy atom. The second-order valence-corrected chi connectivity index (χ2v) is 8.93. The fraction of sp³-hybridized carbons (Fsp3) is 0.310. The van der Waals surface area contributed by atoms with E-state index in [4.69, 9.17) is 0 Å². The number of rotatable bonds is 7. The number of halogens is 1. The molecule has 2 amide bonds. The van der Waals surface area contributed by atoms with Crippen LogP contribution in [0.5, 0.6) is 0 Å². The van der Waals surface area contributed by atoms with Crippen molar-refractivity contribution in [1.82, 2.24) is 0 Å². The summed E-state index contributed by atoms with van der Waals surface area (Å²) in [6.45, 7) is 4.14. The zero-order chi connectivity index (χ0) is 24.1. The summed E-state index contributed by atoms with van der Waals surface area (Å²) in [5.74, 6) is -0.251. The van der Waals surface area contributed by atoms with E-state index in [0.717, 1.165) is 35.3 Å². The van der Waals surface area contributed by atoms with Crippen molar-refractivity contribution in [3.8, 4) is 0 Å². The number of hydrogen-bond acceptors (Lipinski definition) is 2. The third-order valence-electron chi connectivity index (χ3n) is 6.46. The topological polar surface area (TPSA) is 40.6 Å². The molecule has 3 aromatic rings. The molecule has 4 rings (SSSR count). The molecule has 34 heavy (non-hydrogen) atoms. The molecule has 0 saturated carbocycles. The number of para-hydroxylation sites is 2. The summed E-state index contributed by atoms with van der Waals surface area (Å²) < 4.78 is 13.4. The van der Waals surface area contributed by atoms with Crippen LogP contribution in [0, 0.1) is 5.82 Å². The minimum atomic E-state index is -0.320. The van der Waals surface area contributed by atoms with Gasteiger partial charge >= 0.3 is 0 Å². The smallest absolute Gasteiger partial charge is 0.231 e. The van der Waals surface area contributed by atoms with Crippen molar-refractivity contribution in [3.05, 3.63) is 95.8 Å². The first-order chi connectivity index (χ1) is 16.5. The van der Waals surface area contributed by atoms with E-state index in [1.54, 1.807) is 12.1 Å². The van der Waals surface area contributed by atoms with Crippen LogP contribution in [-0.4, -0.2) is 17.9 Å². The van der Waals surface area contributed by atoms with E-state index in [9.17, 15) is 14.0 Å². The van der Waals surface area contributed by atoms with E-state index in [-0.39, 0.29) is 36.1 Å². The summed E-state index contributed by atoms with van der Waals surface area (Å²) in [7, 11) is 0. The maximum absolute atomic E-state index is 13.7. The SMILES string of the molecule is CCCCC(=O)N1c2ccccc2[C@H](N(C(=O)Cc2ccc(F)cc2)c2ccccc2)C[C@@H]1C. The van der Waals surface area contributed by atoms with Gasteiger partial charge in [-0.3, -0.25) is 9.59 Å². The van der Waals surface area contributed by atoms with Crippen molar-refractivity contribution >= 4 is 23.2 Å². The third kappa shape index (κ3) is 5.04. The van der Waals surface area contributed by atoms with Crippen LogP contribution in [0.3, 0.4) is 0 Å². The molecule has 0 aromatic heterocycles. The molecule has 2 atom stereocenters. The Kier molecular flexibility index (Phi) is 7.41. The number of hydrogen-bond donors (Lipinski definition) is 0. The number of unbranched alkanes of at least 4 members (excludes halogenated alkanes) is 1. The molecule has 1 heterocycles. The predicted octanol–water partition coefficient (Wildman–Crippen LogP) is 6.46. The summed E-state index contributed by atoms with van der Waals surface area (Å²) in [5, 5.41) is 0. The van der Waals surface area contributed by atoms with Crippen LogP contribution < -0.4 is 9.80 Å². The van der Waals surface area contributed by atoms with E-state index in [1.165, 1.54) is 12.1 Å². The number of carbonyl (C=O) groups excluding carboxylic acids is 2. The first-order valence-corrected chi connectivity index (χ1v) is 12.0. The number of benzene rings is 3. The van der Waals surface area contributed by atoms with Crippen molar-refractivity contribution < 1.29 is 14.0 Å². The lowest BCUT2D eigenvalue weighted by Crippen LogP contribution is -2.48. The van der Waals surface area contributed by atoms with Crippen molar-refractivity contribution in [2.24, 2.45) is 0 Å². The summed E-state index contributed by atoms with van der Waals surface area (Å²) in [6, 6.07) is 23.4. The Morgan fingerprint density at radius 3 is 2.35 bits per heavy atom. The summed E-state index contributed by atoms with van der Waals surface area (Å²) in [4.78, 5) is 30.6. The molecule has 0 bridgehead atoms. The summed E-state index contributed by atoms with van der Waals surface area (Å²) in [6.07, 6.45) is 3.16. The number of carbonyl (C=O) groups is 2. The largest absolute Gasteiger partial charge is 0.309 e. The van der Waals surface area contributed by atoms with Gasteiger partial charge in [-0.05, 0) is 61.2 Å². The predicted molar refractivity (Wildman–Crippen MR) is 134 cm³/mol. The Balaban J connectivity index is 1.72. The van der Waals surface area contributed by atoms with Gasteiger partial charge in [0.1, 0.15) is 5.82 Å². The molecule has 3 aromatic carbocycles. The molecule has 0 N–H and O–H groups in total. The van der Waals surface area contributed by atoms with Gasteiger partial charge in [0, 0.05) is 23.8 Å². The minimum Gasteiger partial charge on any atom is -0.309 e. The monoisotopic (exact) mass is 458 g/mol. The molecule has 0 aliphatic carbocycles. The van der Waals surface area contributed by atoms with Crippen molar-refractivity contribution in [2.75, 3.05) is 9.80 Å². The minimum absolute atomic E-state index is 0.0471. The first kappa shape index (κ1) is 23.7. The molecule has 1 aliphatic heterocycles. The van der Waals surface area contributed by atoms with Crippen molar-refractivity contribution in [2.45, 2.75) is 58.0 Å². The molecule has 0 fully saturated rings. The summed E-state index contributed by atoms with van der Waals surface area (Å²) in [5.41, 5.74) is 3.43. The molecule has 5 heteroatoms. The lowest BCUT2D eigenvalue weighted by molar-refractivity contribution is -0.119. The normalized spacial score (nSPS) is 17.2. The van der Waals surface area contributed by atoms with E-state index >= 15 is 0 Å². The molecule has 0 spiro atoms. The third-order valence-corrected chi connectivity index (χ3v) is 6.46. The van der Waals surface area contributed by atoms with Crippen LogP contribution in [0.4, 0.5) is 15.8 Å². The van der Waals surface area contributed by atoms with Gasteiger partial charge in [-0.1, -0.05) is 61.9 Å². The van der Waals surface area contributed by atoms with Crippen LogP contribution in [0.15, 0.2) is 78.9 Å². The lowest BCUT2D eigenvalue weighted by atomic mass is 9.89. The highest BCUT2D eigenvalue weighted by molar-refractivity contribution is 5.98. The fourth-order valence-electron chi connectivity index (χ4n) is 4.80. The average molecular weight is 459 g/mol. The Hall–Kier alpha value is -3.47. The van der Waals surface area contributed by atoms with Crippen molar-refractivity contribution in [1.29, 1.82) is 0 Å². The molecular weight excluding hydrogens is 427 g/mol. The number of amides is 2. The van der Waals surface area contributed by atoms with Crippen molar-refractivity contribution in [3.63, 3.8) is 0 Å². The highest BCUT2D eigenvalue weighted by Crippen LogP contribution is 2.42. The first-order valence-electron chi connectivity index (χ1n) is 12.0.